The fraction of sp³-hybridized carbons (Fsp3) is 0.241. The molecule has 0 saturated carbocycles. The van der Waals surface area contributed by atoms with E-state index < -0.39 is 0 Å². The fourth-order valence-electron chi connectivity index (χ4n) is 3.76. The van der Waals surface area contributed by atoms with E-state index in [4.69, 9.17) is 14.5 Å². The number of pyridine rings is 1. The van der Waals surface area contributed by atoms with Crippen molar-refractivity contribution in [3.8, 4) is 5.75 Å². The van der Waals surface area contributed by atoms with Crippen LogP contribution in [0.15, 0.2) is 95.9 Å². The molecule has 5 heteroatoms. The normalized spacial score (nSPS) is 11.4. The highest BCUT2D eigenvalue weighted by Gasteiger charge is 2.06. The van der Waals surface area contributed by atoms with E-state index >= 15 is 0 Å². The third kappa shape index (κ3) is 8.32. The van der Waals surface area contributed by atoms with Crippen LogP contribution in [0.4, 0.5) is 0 Å². The number of aromatic nitrogens is 1. The molecule has 0 aliphatic heterocycles. The third-order valence-corrected chi connectivity index (χ3v) is 6.29. The molecule has 1 aromatic heterocycles. The van der Waals surface area contributed by atoms with E-state index in [0.717, 1.165) is 35.3 Å². The Morgan fingerprint density at radius 2 is 1.74 bits per heavy atom. The van der Waals surface area contributed by atoms with Gasteiger partial charge in [0.1, 0.15) is 19.1 Å². The van der Waals surface area contributed by atoms with E-state index in [1.54, 1.807) is 11.9 Å². The van der Waals surface area contributed by atoms with Gasteiger partial charge in [-0.15, -0.1) is 0 Å². The molecule has 0 aliphatic carbocycles. The Labute approximate surface area is 206 Å². The molecule has 34 heavy (non-hydrogen) atoms. The molecule has 0 spiro atoms. The van der Waals surface area contributed by atoms with Gasteiger partial charge in [0.15, 0.2) is 0 Å². The summed E-state index contributed by atoms with van der Waals surface area (Å²) < 4.78 is 9.51. The molecule has 3 aromatic carbocycles. The van der Waals surface area contributed by atoms with Gasteiger partial charge in [-0.25, -0.2) is 4.98 Å². The minimum absolute atomic E-state index is 0.481. The van der Waals surface area contributed by atoms with E-state index in [1.807, 2.05) is 43.2 Å². The van der Waals surface area contributed by atoms with Crippen LogP contribution in [0.1, 0.15) is 31.0 Å². The molecular formula is C29H32N2O2S. The largest absolute Gasteiger partial charge is 0.487 e. The Morgan fingerprint density at radius 3 is 2.59 bits per heavy atom. The molecule has 1 atom stereocenters. The SMILES string of the molecule is C=O.CC(CCCNSc1ccccc1)Cc1cccc(OCc2ccc3ccccc3n2)c1. The van der Waals surface area contributed by atoms with Crippen molar-refractivity contribution >= 4 is 29.6 Å². The number of carbonyl (C=O) groups is 1. The Kier molecular flexibility index (Phi) is 10.6. The van der Waals surface area contributed by atoms with Crippen LogP contribution in [0.2, 0.25) is 0 Å². The lowest BCUT2D eigenvalue weighted by Gasteiger charge is -2.13. The summed E-state index contributed by atoms with van der Waals surface area (Å²) in [4.78, 5) is 14.0. The summed E-state index contributed by atoms with van der Waals surface area (Å²) in [5.41, 5.74) is 3.28. The second-order valence-electron chi connectivity index (χ2n) is 8.19. The number of ether oxygens (including phenoxy) is 1. The molecule has 176 valence electrons. The predicted octanol–water partition coefficient (Wildman–Crippen LogP) is 6.88. The topological polar surface area (TPSA) is 51.2 Å². The van der Waals surface area contributed by atoms with Crippen molar-refractivity contribution in [3.63, 3.8) is 0 Å². The zero-order chi connectivity index (χ0) is 24.0. The highest BCUT2D eigenvalue weighted by atomic mass is 32.2. The number of hydrogen-bond acceptors (Lipinski definition) is 5. The average molecular weight is 473 g/mol. The van der Waals surface area contributed by atoms with Gasteiger partial charge in [0.2, 0.25) is 0 Å². The van der Waals surface area contributed by atoms with Gasteiger partial charge in [-0.1, -0.05) is 61.5 Å². The van der Waals surface area contributed by atoms with Gasteiger partial charge in [-0.3, -0.25) is 4.72 Å². The molecule has 4 nitrogen and oxygen atoms in total. The van der Waals surface area contributed by atoms with Gasteiger partial charge in [-0.2, -0.15) is 0 Å². The molecular weight excluding hydrogens is 440 g/mol. The van der Waals surface area contributed by atoms with Crippen molar-refractivity contribution in [1.82, 2.24) is 9.71 Å². The quantitative estimate of drug-likeness (QED) is 0.190. The summed E-state index contributed by atoms with van der Waals surface area (Å²) in [6.45, 7) is 5.83. The maximum Gasteiger partial charge on any atom is 0.130 e. The number of hydrogen-bond donors (Lipinski definition) is 1. The fourth-order valence-corrected chi connectivity index (χ4v) is 4.46. The van der Waals surface area contributed by atoms with Crippen molar-refractivity contribution in [1.29, 1.82) is 0 Å². The zero-order valence-electron chi connectivity index (χ0n) is 19.7. The molecule has 0 amide bonds. The van der Waals surface area contributed by atoms with Crippen LogP contribution >= 0.6 is 11.9 Å². The zero-order valence-corrected chi connectivity index (χ0v) is 20.5. The Morgan fingerprint density at radius 1 is 0.941 bits per heavy atom. The van der Waals surface area contributed by atoms with Crippen molar-refractivity contribution in [2.24, 2.45) is 5.92 Å². The second kappa shape index (κ2) is 14.2. The Balaban J connectivity index is 0.00000158. The number of fused-ring (bicyclic) bond motifs is 1. The molecule has 0 radical (unpaired) electrons. The van der Waals surface area contributed by atoms with Crippen molar-refractivity contribution in [2.45, 2.75) is 37.7 Å². The number of rotatable bonds is 11. The molecule has 4 aromatic rings. The average Bonchev–Trinajstić information content (AvgIpc) is 2.89. The van der Waals surface area contributed by atoms with Gasteiger partial charge in [0, 0.05) is 16.8 Å². The van der Waals surface area contributed by atoms with Gasteiger partial charge in [0.25, 0.3) is 0 Å². The Bertz CT molecular complexity index is 1140. The number of benzene rings is 3. The highest BCUT2D eigenvalue weighted by molar-refractivity contribution is 7.97. The van der Waals surface area contributed by atoms with Crippen molar-refractivity contribution < 1.29 is 9.53 Å². The summed E-state index contributed by atoms with van der Waals surface area (Å²) in [7, 11) is 0. The molecule has 1 heterocycles. The van der Waals surface area contributed by atoms with E-state index in [9.17, 15) is 0 Å². The first-order valence-electron chi connectivity index (χ1n) is 11.6. The van der Waals surface area contributed by atoms with Crippen LogP contribution in [0.3, 0.4) is 0 Å². The first-order chi connectivity index (χ1) is 16.8. The van der Waals surface area contributed by atoms with Gasteiger partial charge >= 0.3 is 0 Å². The van der Waals surface area contributed by atoms with E-state index in [0.29, 0.717) is 12.5 Å². The number of nitrogens with one attached hydrogen (secondary N) is 1. The smallest absolute Gasteiger partial charge is 0.130 e. The van der Waals surface area contributed by atoms with E-state index in [2.05, 4.69) is 66.2 Å². The maximum absolute atomic E-state index is 8.00. The summed E-state index contributed by atoms with van der Waals surface area (Å²) in [6.07, 6.45) is 3.44. The summed E-state index contributed by atoms with van der Waals surface area (Å²) >= 11 is 1.71. The van der Waals surface area contributed by atoms with Crippen LogP contribution in [-0.4, -0.2) is 18.3 Å². The van der Waals surface area contributed by atoms with Crippen LogP contribution < -0.4 is 9.46 Å². The number of para-hydroxylation sites is 1. The van der Waals surface area contributed by atoms with Crippen LogP contribution in [-0.2, 0) is 17.8 Å². The molecule has 1 unspecified atom stereocenters. The predicted molar refractivity (Wildman–Crippen MR) is 142 cm³/mol. The minimum atomic E-state index is 0.481. The molecule has 0 saturated heterocycles. The van der Waals surface area contributed by atoms with Crippen molar-refractivity contribution in [3.05, 3.63) is 102 Å². The van der Waals surface area contributed by atoms with Crippen molar-refractivity contribution in [2.75, 3.05) is 6.54 Å². The monoisotopic (exact) mass is 472 g/mol. The highest BCUT2D eigenvalue weighted by Crippen LogP contribution is 2.20. The van der Waals surface area contributed by atoms with Gasteiger partial charge < -0.3 is 9.53 Å². The second-order valence-corrected chi connectivity index (χ2v) is 9.16. The minimum Gasteiger partial charge on any atom is -0.487 e. The lowest BCUT2D eigenvalue weighted by Crippen LogP contribution is -2.08. The summed E-state index contributed by atoms with van der Waals surface area (Å²) in [5.74, 6) is 1.54. The number of carbonyl (C=O) groups excluding carboxylic acids is 1. The molecule has 4 rings (SSSR count). The molecule has 1 N–H and O–H groups in total. The van der Waals surface area contributed by atoms with E-state index in [-0.39, 0.29) is 0 Å². The number of nitrogens with zero attached hydrogens (tertiary/aromatic N) is 1. The lowest BCUT2D eigenvalue weighted by atomic mass is 9.96. The molecule has 0 fully saturated rings. The van der Waals surface area contributed by atoms with Crippen LogP contribution in [0.5, 0.6) is 5.75 Å². The Hall–Kier alpha value is -3.15. The maximum atomic E-state index is 8.00. The van der Waals surface area contributed by atoms with Gasteiger partial charge in [-0.05, 0) is 79.1 Å². The first-order valence-corrected chi connectivity index (χ1v) is 12.4. The standard InChI is InChI=1S/C28H30N2OS.CH2O/c1-22(9-8-18-29-32-27-13-3-2-4-14-27)19-23-10-7-12-26(20-23)31-21-25-17-16-24-11-5-6-15-28(24)30-25;1-2/h2-7,10-17,20,22,29H,8-9,18-19,21H2,1H3;1H2. The third-order valence-electron chi connectivity index (χ3n) is 5.43. The first kappa shape index (κ1) is 25.5. The van der Waals surface area contributed by atoms with E-state index in [1.165, 1.54) is 23.3 Å². The van der Waals surface area contributed by atoms with Crippen LogP contribution in [0, 0.1) is 5.92 Å². The van der Waals surface area contributed by atoms with Gasteiger partial charge in [0.05, 0.1) is 11.2 Å². The molecule has 0 bridgehead atoms. The summed E-state index contributed by atoms with van der Waals surface area (Å²) in [6, 6.07) is 31.2. The summed E-state index contributed by atoms with van der Waals surface area (Å²) in [5, 5.41) is 1.15. The van der Waals surface area contributed by atoms with Crippen LogP contribution in [0.25, 0.3) is 10.9 Å². The lowest BCUT2D eigenvalue weighted by molar-refractivity contribution is -0.0979. The molecule has 0 aliphatic rings.